The summed E-state index contributed by atoms with van der Waals surface area (Å²) < 4.78 is 8.77. The highest BCUT2D eigenvalue weighted by Gasteiger charge is 2.13. The van der Waals surface area contributed by atoms with Crippen LogP contribution < -0.4 is 0 Å². The highest BCUT2D eigenvalue weighted by molar-refractivity contribution is 5.96. The maximum atomic E-state index is 12.2. The van der Waals surface area contributed by atoms with Crippen LogP contribution in [-0.2, 0) is 17.8 Å². The smallest absolute Gasteiger partial charge is 0.341 e. The SMILES string of the molecule is O=C(OCCCc1ccn2ncc(CO)c2c1)c1cnn2ccccc12. The van der Waals surface area contributed by atoms with Gasteiger partial charge < -0.3 is 9.84 Å². The second-order valence-corrected chi connectivity index (χ2v) is 6.02. The third-order valence-corrected chi connectivity index (χ3v) is 4.33. The molecule has 0 saturated carbocycles. The lowest BCUT2D eigenvalue weighted by Crippen LogP contribution is -2.07. The molecule has 132 valence electrons. The first-order chi connectivity index (χ1) is 12.8. The molecule has 0 aromatic carbocycles. The average molecular weight is 350 g/mol. The lowest BCUT2D eigenvalue weighted by Gasteiger charge is -2.05. The van der Waals surface area contributed by atoms with E-state index in [0.29, 0.717) is 18.6 Å². The van der Waals surface area contributed by atoms with E-state index < -0.39 is 0 Å². The van der Waals surface area contributed by atoms with Crippen LogP contribution in [0.3, 0.4) is 0 Å². The van der Waals surface area contributed by atoms with Gasteiger partial charge in [-0.3, -0.25) is 0 Å². The number of esters is 1. The van der Waals surface area contributed by atoms with Gasteiger partial charge in [0.2, 0.25) is 0 Å². The number of nitrogens with zero attached hydrogens (tertiary/aromatic N) is 4. The van der Waals surface area contributed by atoms with Crippen LogP contribution in [0.25, 0.3) is 11.0 Å². The molecule has 0 fully saturated rings. The molecule has 1 N–H and O–H groups in total. The fraction of sp³-hybridized carbons (Fsp3) is 0.211. The van der Waals surface area contributed by atoms with E-state index in [4.69, 9.17) is 4.74 Å². The van der Waals surface area contributed by atoms with Crippen molar-refractivity contribution in [3.63, 3.8) is 0 Å². The van der Waals surface area contributed by atoms with E-state index in [0.717, 1.165) is 28.6 Å². The molecule has 7 nitrogen and oxygen atoms in total. The molecule has 26 heavy (non-hydrogen) atoms. The molecule has 7 heteroatoms. The van der Waals surface area contributed by atoms with E-state index in [1.165, 1.54) is 6.20 Å². The average Bonchev–Trinajstić information content (AvgIpc) is 3.28. The minimum atomic E-state index is -0.361. The van der Waals surface area contributed by atoms with Gasteiger partial charge in [0.05, 0.1) is 36.6 Å². The van der Waals surface area contributed by atoms with Gasteiger partial charge in [0.25, 0.3) is 0 Å². The van der Waals surface area contributed by atoms with Crippen molar-refractivity contribution in [3.05, 3.63) is 71.8 Å². The summed E-state index contributed by atoms with van der Waals surface area (Å²) in [5.74, 6) is -0.361. The maximum Gasteiger partial charge on any atom is 0.341 e. The van der Waals surface area contributed by atoms with Gasteiger partial charge in [-0.1, -0.05) is 6.07 Å². The van der Waals surface area contributed by atoms with Gasteiger partial charge in [0, 0.05) is 18.0 Å². The predicted octanol–water partition coefficient (Wildman–Crippen LogP) is 2.26. The zero-order chi connectivity index (χ0) is 17.9. The zero-order valence-electron chi connectivity index (χ0n) is 14.1. The van der Waals surface area contributed by atoms with E-state index >= 15 is 0 Å². The summed E-state index contributed by atoms with van der Waals surface area (Å²) in [5.41, 5.74) is 4.01. The van der Waals surface area contributed by atoms with E-state index in [-0.39, 0.29) is 12.6 Å². The second kappa shape index (κ2) is 6.97. The Morgan fingerprint density at radius 1 is 1.08 bits per heavy atom. The second-order valence-electron chi connectivity index (χ2n) is 6.02. The first-order valence-corrected chi connectivity index (χ1v) is 8.42. The van der Waals surface area contributed by atoms with Crippen molar-refractivity contribution >= 4 is 17.0 Å². The van der Waals surface area contributed by atoms with E-state index in [1.807, 2.05) is 36.5 Å². The molecule has 0 aliphatic rings. The quantitative estimate of drug-likeness (QED) is 0.426. The van der Waals surface area contributed by atoms with Crippen molar-refractivity contribution in [1.82, 2.24) is 19.2 Å². The number of carbonyl (C=O) groups excluding carboxylic acids is 1. The third-order valence-electron chi connectivity index (χ3n) is 4.33. The Morgan fingerprint density at radius 2 is 1.92 bits per heavy atom. The summed E-state index contributed by atoms with van der Waals surface area (Å²) in [5, 5.41) is 17.7. The number of pyridine rings is 2. The molecule has 0 saturated heterocycles. The van der Waals surface area contributed by atoms with Crippen molar-refractivity contribution in [2.75, 3.05) is 6.61 Å². The number of aliphatic hydroxyl groups is 1. The Morgan fingerprint density at radius 3 is 2.81 bits per heavy atom. The summed E-state index contributed by atoms with van der Waals surface area (Å²) in [6.45, 7) is 0.296. The lowest BCUT2D eigenvalue weighted by molar-refractivity contribution is 0.0503. The number of aryl methyl sites for hydroxylation is 1. The van der Waals surface area contributed by atoms with Crippen molar-refractivity contribution in [2.24, 2.45) is 0 Å². The van der Waals surface area contributed by atoms with Crippen LogP contribution in [-0.4, -0.2) is 36.9 Å². The normalized spacial score (nSPS) is 11.3. The molecule has 0 radical (unpaired) electrons. The van der Waals surface area contributed by atoms with Gasteiger partial charge in [0.15, 0.2) is 0 Å². The van der Waals surface area contributed by atoms with Crippen LogP contribution in [0.2, 0.25) is 0 Å². The number of rotatable bonds is 6. The molecular formula is C19H18N4O3. The molecule has 0 atom stereocenters. The van der Waals surface area contributed by atoms with Gasteiger partial charge in [-0.15, -0.1) is 0 Å². The zero-order valence-corrected chi connectivity index (χ0v) is 14.1. The number of fused-ring (bicyclic) bond motifs is 2. The largest absolute Gasteiger partial charge is 0.462 e. The summed E-state index contributed by atoms with van der Waals surface area (Å²) in [6, 6.07) is 9.54. The van der Waals surface area contributed by atoms with E-state index in [9.17, 15) is 9.90 Å². The van der Waals surface area contributed by atoms with Crippen LogP contribution >= 0.6 is 0 Å². The predicted molar refractivity (Wildman–Crippen MR) is 94.9 cm³/mol. The Hall–Kier alpha value is -3.19. The molecule has 0 amide bonds. The maximum absolute atomic E-state index is 12.2. The molecule has 4 aromatic rings. The molecular weight excluding hydrogens is 332 g/mol. The molecule has 4 aromatic heterocycles. The number of ether oxygens (including phenoxy) is 1. The minimum absolute atomic E-state index is 0.0375. The number of hydrogen-bond acceptors (Lipinski definition) is 5. The van der Waals surface area contributed by atoms with Crippen LogP contribution in [0.1, 0.15) is 27.9 Å². The minimum Gasteiger partial charge on any atom is -0.462 e. The Kier molecular flexibility index (Phi) is 4.37. The van der Waals surface area contributed by atoms with Crippen LogP contribution in [0.15, 0.2) is 55.1 Å². The lowest BCUT2D eigenvalue weighted by atomic mass is 10.1. The molecule has 0 unspecified atom stereocenters. The summed E-state index contributed by atoms with van der Waals surface area (Å²) in [6.07, 6.45) is 8.34. The summed E-state index contributed by atoms with van der Waals surface area (Å²) in [7, 11) is 0. The Labute approximate surface area is 149 Å². The van der Waals surface area contributed by atoms with Gasteiger partial charge in [0.1, 0.15) is 5.56 Å². The highest BCUT2D eigenvalue weighted by atomic mass is 16.5. The summed E-state index contributed by atoms with van der Waals surface area (Å²) in [4.78, 5) is 12.2. The standard InChI is InChI=1S/C19H18N4O3/c24-13-15-11-20-23-8-6-14(10-18(15)23)4-3-9-26-19(25)16-12-21-22-7-2-1-5-17(16)22/h1-2,5-8,10-12,24H,3-4,9,13H2. The van der Waals surface area contributed by atoms with Crippen molar-refractivity contribution in [3.8, 4) is 0 Å². The molecule has 0 spiro atoms. The first kappa shape index (κ1) is 16.3. The van der Waals surface area contributed by atoms with Gasteiger partial charge >= 0.3 is 5.97 Å². The molecule has 0 aliphatic heterocycles. The van der Waals surface area contributed by atoms with Crippen molar-refractivity contribution in [1.29, 1.82) is 0 Å². The number of hydrogen-bond donors (Lipinski definition) is 1. The monoisotopic (exact) mass is 350 g/mol. The molecule has 4 heterocycles. The first-order valence-electron chi connectivity index (χ1n) is 8.42. The van der Waals surface area contributed by atoms with Crippen LogP contribution in [0.4, 0.5) is 0 Å². The number of aromatic nitrogens is 4. The van der Waals surface area contributed by atoms with E-state index in [2.05, 4.69) is 10.2 Å². The van der Waals surface area contributed by atoms with Gasteiger partial charge in [-0.25, -0.2) is 13.8 Å². The van der Waals surface area contributed by atoms with Crippen LogP contribution in [0.5, 0.6) is 0 Å². The van der Waals surface area contributed by atoms with Crippen LogP contribution in [0, 0.1) is 0 Å². The fourth-order valence-electron chi connectivity index (χ4n) is 2.96. The van der Waals surface area contributed by atoms with E-state index in [1.54, 1.807) is 21.4 Å². The van der Waals surface area contributed by atoms with Crippen molar-refractivity contribution in [2.45, 2.75) is 19.4 Å². The highest BCUT2D eigenvalue weighted by Crippen LogP contribution is 2.15. The summed E-state index contributed by atoms with van der Waals surface area (Å²) >= 11 is 0. The Bertz CT molecular complexity index is 1070. The Balaban J connectivity index is 1.35. The van der Waals surface area contributed by atoms with Gasteiger partial charge in [-0.2, -0.15) is 10.2 Å². The third kappa shape index (κ3) is 3.04. The van der Waals surface area contributed by atoms with Gasteiger partial charge in [-0.05, 0) is 42.7 Å². The topological polar surface area (TPSA) is 81.1 Å². The number of aliphatic hydroxyl groups excluding tert-OH is 1. The molecule has 0 bridgehead atoms. The molecule has 0 aliphatic carbocycles. The van der Waals surface area contributed by atoms with Crippen molar-refractivity contribution < 1.29 is 14.6 Å². The molecule has 4 rings (SSSR count). The fourth-order valence-corrected chi connectivity index (χ4v) is 2.96. The number of carbonyl (C=O) groups is 1.